The molecule has 0 unspecified atom stereocenters. The average Bonchev–Trinajstić information content (AvgIpc) is 2.74. The number of carbonyl (C=O) groups excluding carboxylic acids is 2. The number of nitrogens with zero attached hydrogens (tertiary/aromatic N) is 1. The van der Waals surface area contributed by atoms with Crippen LogP contribution in [0.4, 0.5) is 0 Å². The van der Waals surface area contributed by atoms with Gasteiger partial charge in [-0.15, -0.1) is 11.8 Å². The highest BCUT2D eigenvalue weighted by atomic mass is 35.5. The lowest BCUT2D eigenvalue weighted by Crippen LogP contribution is -2.50. The fourth-order valence-corrected chi connectivity index (χ4v) is 4.18. The molecule has 2 rings (SSSR count). The Kier molecular flexibility index (Phi) is 10.2. The smallest absolute Gasteiger partial charge is 0.243 e. The van der Waals surface area contributed by atoms with E-state index in [1.165, 1.54) is 11.8 Å². The molecular weight excluding hydrogens is 432 g/mol. The molecule has 1 N–H and O–H groups in total. The molecule has 2 aromatic rings. The van der Waals surface area contributed by atoms with Crippen LogP contribution in [-0.2, 0) is 21.9 Å². The second-order valence-electron chi connectivity index (χ2n) is 7.58. The number of halogens is 1. The lowest BCUT2D eigenvalue weighted by atomic mass is 10.1. The zero-order valence-electron chi connectivity index (χ0n) is 18.6. The van der Waals surface area contributed by atoms with Crippen molar-refractivity contribution in [3.63, 3.8) is 0 Å². The molecule has 0 saturated heterocycles. The molecule has 7 heteroatoms. The molecule has 0 heterocycles. The Morgan fingerprint density at radius 3 is 2.45 bits per heavy atom. The van der Waals surface area contributed by atoms with Gasteiger partial charge in [0.2, 0.25) is 11.8 Å². The molecule has 0 saturated carbocycles. The van der Waals surface area contributed by atoms with Crippen molar-refractivity contribution in [2.75, 3.05) is 12.9 Å². The van der Waals surface area contributed by atoms with Gasteiger partial charge in [-0.25, -0.2) is 0 Å². The molecule has 31 heavy (non-hydrogen) atoms. The van der Waals surface area contributed by atoms with Gasteiger partial charge in [-0.3, -0.25) is 9.59 Å². The highest BCUT2D eigenvalue weighted by Crippen LogP contribution is 2.20. The molecule has 0 aliphatic rings. The molecule has 5 nitrogen and oxygen atoms in total. The van der Waals surface area contributed by atoms with Crippen molar-refractivity contribution in [1.82, 2.24) is 10.2 Å². The Labute approximate surface area is 194 Å². The van der Waals surface area contributed by atoms with Crippen LogP contribution < -0.4 is 10.1 Å². The Bertz CT molecular complexity index is 858. The van der Waals surface area contributed by atoms with Crippen molar-refractivity contribution in [3.8, 4) is 5.75 Å². The molecule has 0 aliphatic heterocycles. The second kappa shape index (κ2) is 12.6. The Morgan fingerprint density at radius 2 is 1.84 bits per heavy atom. The molecule has 0 bridgehead atoms. The van der Waals surface area contributed by atoms with Crippen molar-refractivity contribution in [2.24, 2.45) is 0 Å². The minimum absolute atomic E-state index is 0.00889. The van der Waals surface area contributed by atoms with Crippen molar-refractivity contribution in [3.05, 3.63) is 64.7 Å². The molecule has 2 aromatic carbocycles. The van der Waals surface area contributed by atoms with E-state index in [-0.39, 0.29) is 23.6 Å². The van der Waals surface area contributed by atoms with Crippen LogP contribution in [0.5, 0.6) is 5.75 Å². The molecule has 0 fully saturated rings. The highest BCUT2D eigenvalue weighted by Gasteiger charge is 2.28. The van der Waals surface area contributed by atoms with Gasteiger partial charge in [0, 0.05) is 23.4 Å². The summed E-state index contributed by atoms with van der Waals surface area (Å²) in [6.07, 6.45) is 0.538. The third-order valence-corrected chi connectivity index (χ3v) is 5.95. The molecule has 168 valence electrons. The molecule has 1 atom stereocenters. The van der Waals surface area contributed by atoms with E-state index < -0.39 is 6.04 Å². The van der Waals surface area contributed by atoms with Gasteiger partial charge in [-0.05, 0) is 55.7 Å². The van der Waals surface area contributed by atoms with E-state index >= 15 is 0 Å². The number of thioether (sulfide) groups is 1. The average molecular weight is 463 g/mol. The highest BCUT2D eigenvalue weighted by molar-refractivity contribution is 7.99. The standard InChI is InChI=1S/C24H31ClN2O3S/c1-5-22(24(29)26-17(2)3)27(14-19-7-6-8-21(13-19)30-4)23(28)16-31-15-18-9-11-20(25)12-10-18/h6-13,17,22H,5,14-16H2,1-4H3,(H,26,29)/t22-/m0/s1. The van der Waals surface area contributed by atoms with Crippen LogP contribution in [0.25, 0.3) is 0 Å². The van der Waals surface area contributed by atoms with E-state index in [9.17, 15) is 9.59 Å². The van der Waals surface area contributed by atoms with Crippen LogP contribution in [0, 0.1) is 0 Å². The van der Waals surface area contributed by atoms with Crippen molar-refractivity contribution >= 4 is 35.2 Å². The predicted molar refractivity (Wildman–Crippen MR) is 129 cm³/mol. The number of rotatable bonds is 11. The fraction of sp³-hybridized carbons (Fsp3) is 0.417. The van der Waals surface area contributed by atoms with Crippen LogP contribution in [0.1, 0.15) is 38.3 Å². The van der Waals surface area contributed by atoms with Crippen LogP contribution in [0.2, 0.25) is 5.02 Å². The number of nitrogens with one attached hydrogen (secondary N) is 1. The molecule has 0 aliphatic carbocycles. The zero-order chi connectivity index (χ0) is 22.8. The summed E-state index contributed by atoms with van der Waals surface area (Å²) >= 11 is 7.47. The number of carbonyl (C=O) groups is 2. The maximum atomic E-state index is 13.2. The zero-order valence-corrected chi connectivity index (χ0v) is 20.1. The minimum Gasteiger partial charge on any atom is -0.497 e. The van der Waals surface area contributed by atoms with Gasteiger partial charge in [0.25, 0.3) is 0 Å². The summed E-state index contributed by atoms with van der Waals surface area (Å²) in [6.45, 7) is 6.11. The van der Waals surface area contributed by atoms with E-state index in [2.05, 4.69) is 5.32 Å². The second-order valence-corrected chi connectivity index (χ2v) is 9.00. The summed E-state index contributed by atoms with van der Waals surface area (Å²) < 4.78 is 5.31. The summed E-state index contributed by atoms with van der Waals surface area (Å²) in [5.41, 5.74) is 2.03. The summed E-state index contributed by atoms with van der Waals surface area (Å²) in [6, 6.07) is 14.7. The molecule has 0 aromatic heterocycles. The van der Waals surface area contributed by atoms with Gasteiger partial charge < -0.3 is 15.0 Å². The van der Waals surface area contributed by atoms with Gasteiger partial charge in [0.15, 0.2) is 0 Å². The first-order valence-corrected chi connectivity index (χ1v) is 11.9. The van der Waals surface area contributed by atoms with E-state index in [0.717, 1.165) is 16.9 Å². The van der Waals surface area contributed by atoms with Gasteiger partial charge >= 0.3 is 0 Å². The SMILES string of the molecule is CC[C@@H](C(=O)NC(C)C)N(Cc1cccc(OC)c1)C(=O)CSCc1ccc(Cl)cc1. The van der Waals surface area contributed by atoms with Crippen LogP contribution >= 0.6 is 23.4 Å². The predicted octanol–water partition coefficient (Wildman–Crippen LogP) is 4.91. The molecule has 0 spiro atoms. The van der Waals surface area contributed by atoms with Crippen molar-refractivity contribution in [2.45, 2.75) is 51.6 Å². The molecule has 0 radical (unpaired) electrons. The molecule has 2 amide bonds. The van der Waals surface area contributed by atoms with E-state index in [4.69, 9.17) is 16.3 Å². The first-order chi connectivity index (χ1) is 14.8. The third kappa shape index (κ3) is 8.11. The summed E-state index contributed by atoms with van der Waals surface area (Å²) in [5, 5.41) is 3.64. The maximum Gasteiger partial charge on any atom is 0.243 e. The van der Waals surface area contributed by atoms with Gasteiger partial charge in [0.1, 0.15) is 11.8 Å². The summed E-state index contributed by atoms with van der Waals surface area (Å²) in [5.74, 6) is 1.52. The lowest BCUT2D eigenvalue weighted by Gasteiger charge is -2.31. The Morgan fingerprint density at radius 1 is 1.13 bits per heavy atom. The fourth-order valence-electron chi connectivity index (χ4n) is 3.19. The van der Waals surface area contributed by atoms with E-state index in [1.807, 2.05) is 69.3 Å². The number of ether oxygens (including phenoxy) is 1. The van der Waals surface area contributed by atoms with Gasteiger partial charge in [0.05, 0.1) is 12.9 Å². The van der Waals surface area contributed by atoms with Crippen LogP contribution in [0.3, 0.4) is 0 Å². The van der Waals surface area contributed by atoms with Crippen molar-refractivity contribution < 1.29 is 14.3 Å². The van der Waals surface area contributed by atoms with Crippen molar-refractivity contribution in [1.29, 1.82) is 0 Å². The quantitative estimate of drug-likeness (QED) is 0.515. The van der Waals surface area contributed by atoms with E-state index in [1.54, 1.807) is 12.0 Å². The topological polar surface area (TPSA) is 58.6 Å². The summed E-state index contributed by atoms with van der Waals surface area (Å²) in [7, 11) is 1.61. The lowest BCUT2D eigenvalue weighted by molar-refractivity contribution is -0.139. The normalized spacial score (nSPS) is 11.8. The largest absolute Gasteiger partial charge is 0.497 e. The Hall–Kier alpha value is -2.18. The number of benzene rings is 2. The maximum absolute atomic E-state index is 13.2. The van der Waals surface area contributed by atoms with Gasteiger partial charge in [-0.2, -0.15) is 0 Å². The first kappa shape index (κ1) is 25.1. The van der Waals surface area contributed by atoms with Crippen LogP contribution in [0.15, 0.2) is 48.5 Å². The molecular formula is C24H31ClN2O3S. The monoisotopic (exact) mass is 462 g/mol. The number of hydrogen-bond acceptors (Lipinski definition) is 4. The summed E-state index contributed by atoms with van der Waals surface area (Å²) in [4.78, 5) is 27.7. The number of amides is 2. The van der Waals surface area contributed by atoms with Gasteiger partial charge in [-0.1, -0.05) is 42.8 Å². The Balaban J connectivity index is 2.14. The van der Waals surface area contributed by atoms with Crippen LogP contribution in [-0.4, -0.2) is 41.7 Å². The number of methoxy groups -OCH3 is 1. The van der Waals surface area contributed by atoms with E-state index in [0.29, 0.717) is 23.7 Å². The first-order valence-electron chi connectivity index (χ1n) is 10.4. The minimum atomic E-state index is -0.530. The third-order valence-electron chi connectivity index (χ3n) is 4.71. The number of hydrogen-bond donors (Lipinski definition) is 1.